The summed E-state index contributed by atoms with van der Waals surface area (Å²) in [6, 6.07) is 8.33. The minimum atomic E-state index is 0.596. The summed E-state index contributed by atoms with van der Waals surface area (Å²) in [5, 5.41) is 8.38. The van der Waals surface area contributed by atoms with Crippen molar-refractivity contribution in [2.45, 2.75) is 20.0 Å². The van der Waals surface area contributed by atoms with E-state index in [1.807, 2.05) is 6.20 Å². The summed E-state index contributed by atoms with van der Waals surface area (Å²) >= 11 is 0. The van der Waals surface area contributed by atoms with Gasteiger partial charge in [-0.2, -0.15) is 4.98 Å². The third kappa shape index (κ3) is 2.12. The molecule has 0 aliphatic carbocycles. The molecule has 2 N–H and O–H groups in total. The Balaban J connectivity index is 1.68. The molecule has 0 unspecified atom stereocenters. The third-order valence-corrected chi connectivity index (χ3v) is 2.84. The summed E-state index contributed by atoms with van der Waals surface area (Å²) in [7, 11) is 0. The van der Waals surface area contributed by atoms with Gasteiger partial charge in [-0.05, 0) is 17.0 Å². The zero-order valence-electron chi connectivity index (χ0n) is 10.1. The Morgan fingerprint density at radius 3 is 3.06 bits per heavy atom. The highest BCUT2D eigenvalue weighted by Gasteiger charge is 2.03. The molecule has 2 heterocycles. The molecule has 0 aliphatic heterocycles. The van der Waals surface area contributed by atoms with Gasteiger partial charge < -0.3 is 14.8 Å². The maximum absolute atomic E-state index is 4.92. The van der Waals surface area contributed by atoms with E-state index in [0.29, 0.717) is 18.3 Å². The van der Waals surface area contributed by atoms with Crippen LogP contribution in [0.3, 0.4) is 0 Å². The molecular formula is C13H14N4O. The van der Waals surface area contributed by atoms with Crippen LogP contribution in [0, 0.1) is 6.92 Å². The van der Waals surface area contributed by atoms with Crippen LogP contribution in [0.25, 0.3) is 10.9 Å². The van der Waals surface area contributed by atoms with Crippen molar-refractivity contribution in [2.24, 2.45) is 0 Å². The van der Waals surface area contributed by atoms with Crippen LogP contribution in [0.15, 0.2) is 35.0 Å². The molecule has 0 radical (unpaired) electrons. The summed E-state index contributed by atoms with van der Waals surface area (Å²) in [6.07, 6.45) is 1.96. The number of H-pyrrole nitrogens is 1. The van der Waals surface area contributed by atoms with Crippen molar-refractivity contribution in [3.05, 3.63) is 47.7 Å². The van der Waals surface area contributed by atoms with E-state index in [1.54, 1.807) is 6.92 Å². The lowest BCUT2D eigenvalue weighted by Crippen LogP contribution is -2.14. The fourth-order valence-electron chi connectivity index (χ4n) is 2.02. The molecule has 5 nitrogen and oxygen atoms in total. The average molecular weight is 242 g/mol. The van der Waals surface area contributed by atoms with E-state index >= 15 is 0 Å². The van der Waals surface area contributed by atoms with Crippen molar-refractivity contribution in [2.75, 3.05) is 0 Å². The standard InChI is InChI=1S/C13H14N4O/c1-9-16-12(17-18-9)8-14-7-11-4-2-3-10-5-6-15-13(10)11/h2-6,14-15H,7-8H2,1H3. The van der Waals surface area contributed by atoms with Crippen LogP contribution in [0.5, 0.6) is 0 Å². The molecule has 5 heteroatoms. The number of aromatic nitrogens is 3. The number of rotatable bonds is 4. The van der Waals surface area contributed by atoms with Crippen LogP contribution in [0.2, 0.25) is 0 Å². The number of fused-ring (bicyclic) bond motifs is 1. The van der Waals surface area contributed by atoms with Crippen LogP contribution in [-0.2, 0) is 13.1 Å². The number of para-hydroxylation sites is 1. The molecule has 92 valence electrons. The minimum Gasteiger partial charge on any atom is -0.361 e. The first-order chi connectivity index (χ1) is 8.83. The summed E-state index contributed by atoms with van der Waals surface area (Å²) < 4.78 is 4.92. The Hall–Kier alpha value is -2.14. The van der Waals surface area contributed by atoms with Gasteiger partial charge in [-0.1, -0.05) is 23.4 Å². The highest BCUT2D eigenvalue weighted by Crippen LogP contribution is 2.16. The number of aryl methyl sites for hydroxylation is 1. The Bertz CT molecular complexity index is 656. The highest BCUT2D eigenvalue weighted by molar-refractivity contribution is 5.82. The van der Waals surface area contributed by atoms with E-state index in [2.05, 4.69) is 44.7 Å². The van der Waals surface area contributed by atoms with Crippen molar-refractivity contribution in [3.63, 3.8) is 0 Å². The monoisotopic (exact) mass is 242 g/mol. The van der Waals surface area contributed by atoms with Gasteiger partial charge in [0.15, 0.2) is 5.82 Å². The summed E-state index contributed by atoms with van der Waals surface area (Å²) in [5.41, 5.74) is 2.41. The lowest BCUT2D eigenvalue weighted by molar-refractivity contribution is 0.385. The van der Waals surface area contributed by atoms with Crippen LogP contribution in [0.1, 0.15) is 17.3 Å². The Kier molecular flexibility index (Phi) is 2.82. The lowest BCUT2D eigenvalue weighted by atomic mass is 10.1. The third-order valence-electron chi connectivity index (χ3n) is 2.84. The predicted octanol–water partition coefficient (Wildman–Crippen LogP) is 2.15. The SMILES string of the molecule is Cc1nc(CNCc2cccc3cc[nH]c23)no1. The van der Waals surface area contributed by atoms with E-state index in [9.17, 15) is 0 Å². The van der Waals surface area contributed by atoms with E-state index in [4.69, 9.17) is 4.52 Å². The van der Waals surface area contributed by atoms with Gasteiger partial charge in [0, 0.05) is 25.2 Å². The van der Waals surface area contributed by atoms with E-state index in [-0.39, 0.29) is 0 Å². The van der Waals surface area contributed by atoms with E-state index < -0.39 is 0 Å². The minimum absolute atomic E-state index is 0.596. The maximum Gasteiger partial charge on any atom is 0.223 e. The van der Waals surface area contributed by atoms with Gasteiger partial charge in [0.25, 0.3) is 0 Å². The first-order valence-corrected chi connectivity index (χ1v) is 5.88. The van der Waals surface area contributed by atoms with Gasteiger partial charge in [0.05, 0.1) is 6.54 Å². The summed E-state index contributed by atoms with van der Waals surface area (Å²) in [5.74, 6) is 1.28. The molecule has 0 fully saturated rings. The predicted molar refractivity (Wildman–Crippen MR) is 67.9 cm³/mol. The molecule has 18 heavy (non-hydrogen) atoms. The van der Waals surface area contributed by atoms with Crippen LogP contribution in [-0.4, -0.2) is 15.1 Å². The molecule has 2 aromatic heterocycles. The molecule has 0 saturated heterocycles. The Morgan fingerprint density at radius 2 is 2.22 bits per heavy atom. The second-order valence-electron chi connectivity index (χ2n) is 4.19. The molecule has 3 aromatic rings. The maximum atomic E-state index is 4.92. The van der Waals surface area contributed by atoms with Crippen LogP contribution >= 0.6 is 0 Å². The first-order valence-electron chi connectivity index (χ1n) is 5.88. The van der Waals surface area contributed by atoms with Gasteiger partial charge in [-0.3, -0.25) is 0 Å². The Morgan fingerprint density at radius 1 is 1.28 bits per heavy atom. The largest absolute Gasteiger partial charge is 0.361 e. The van der Waals surface area contributed by atoms with Crippen molar-refractivity contribution in [1.82, 2.24) is 20.4 Å². The molecule has 0 atom stereocenters. The van der Waals surface area contributed by atoms with Gasteiger partial charge in [-0.25, -0.2) is 0 Å². The number of aromatic amines is 1. The Labute approximate surface area is 104 Å². The fraction of sp³-hybridized carbons (Fsp3) is 0.231. The van der Waals surface area contributed by atoms with Crippen molar-refractivity contribution in [1.29, 1.82) is 0 Å². The molecule has 0 amide bonds. The van der Waals surface area contributed by atoms with Crippen molar-refractivity contribution < 1.29 is 4.52 Å². The van der Waals surface area contributed by atoms with Crippen LogP contribution in [0.4, 0.5) is 0 Å². The lowest BCUT2D eigenvalue weighted by Gasteiger charge is -2.04. The molecule has 3 rings (SSSR count). The van der Waals surface area contributed by atoms with E-state index in [0.717, 1.165) is 6.54 Å². The number of nitrogens with zero attached hydrogens (tertiary/aromatic N) is 2. The number of hydrogen-bond acceptors (Lipinski definition) is 4. The molecule has 1 aromatic carbocycles. The molecule has 0 aliphatic rings. The topological polar surface area (TPSA) is 66.7 Å². The zero-order chi connectivity index (χ0) is 12.4. The molecular weight excluding hydrogens is 228 g/mol. The van der Waals surface area contributed by atoms with Crippen LogP contribution < -0.4 is 5.32 Å². The van der Waals surface area contributed by atoms with E-state index in [1.165, 1.54) is 16.5 Å². The van der Waals surface area contributed by atoms with Gasteiger partial charge in [-0.15, -0.1) is 0 Å². The highest BCUT2D eigenvalue weighted by atomic mass is 16.5. The van der Waals surface area contributed by atoms with Gasteiger partial charge in [0.2, 0.25) is 5.89 Å². The average Bonchev–Trinajstić information content (AvgIpc) is 2.98. The number of benzene rings is 1. The van der Waals surface area contributed by atoms with Gasteiger partial charge in [0.1, 0.15) is 0 Å². The summed E-state index contributed by atoms with van der Waals surface area (Å²) in [6.45, 7) is 3.16. The molecule has 0 spiro atoms. The molecule has 0 saturated carbocycles. The first kappa shape index (κ1) is 11.0. The second kappa shape index (κ2) is 4.62. The quantitative estimate of drug-likeness (QED) is 0.735. The summed E-state index contributed by atoms with van der Waals surface area (Å²) in [4.78, 5) is 7.40. The smallest absolute Gasteiger partial charge is 0.223 e. The van der Waals surface area contributed by atoms with Crippen molar-refractivity contribution in [3.8, 4) is 0 Å². The molecule has 0 bridgehead atoms. The van der Waals surface area contributed by atoms with Crippen molar-refractivity contribution >= 4 is 10.9 Å². The fourth-order valence-corrected chi connectivity index (χ4v) is 2.02. The zero-order valence-corrected chi connectivity index (χ0v) is 10.1. The second-order valence-corrected chi connectivity index (χ2v) is 4.19. The number of hydrogen-bond donors (Lipinski definition) is 2. The normalized spacial score (nSPS) is 11.2. The number of nitrogens with one attached hydrogen (secondary N) is 2. The van der Waals surface area contributed by atoms with Gasteiger partial charge >= 0.3 is 0 Å².